The maximum absolute atomic E-state index is 9.57. The van der Waals surface area contributed by atoms with Gasteiger partial charge in [0.1, 0.15) is 5.75 Å². The Morgan fingerprint density at radius 1 is 1.62 bits per heavy atom. The van der Waals surface area contributed by atoms with Crippen molar-refractivity contribution < 1.29 is 5.11 Å². The summed E-state index contributed by atoms with van der Waals surface area (Å²) < 4.78 is 0. The minimum Gasteiger partial charge on any atom is -0.508 e. The second kappa shape index (κ2) is 4.10. The van der Waals surface area contributed by atoms with E-state index in [-0.39, 0.29) is 11.8 Å². The lowest BCUT2D eigenvalue weighted by Gasteiger charge is -2.11. The van der Waals surface area contributed by atoms with Crippen LogP contribution in [0.3, 0.4) is 0 Å². The van der Waals surface area contributed by atoms with E-state index in [2.05, 4.69) is 6.58 Å². The molecular weight excluding hydrogens is 162 g/mol. The summed E-state index contributed by atoms with van der Waals surface area (Å²) in [6, 6.07) is 5.37. The molecule has 0 amide bonds. The largest absolute Gasteiger partial charge is 0.508 e. The third kappa shape index (κ3) is 2.33. The maximum Gasteiger partial charge on any atom is 0.120 e. The van der Waals surface area contributed by atoms with Crippen molar-refractivity contribution >= 4 is 0 Å². The van der Waals surface area contributed by atoms with Gasteiger partial charge in [-0.05, 0) is 25.0 Å². The summed E-state index contributed by atoms with van der Waals surface area (Å²) in [5, 5.41) is 9.57. The van der Waals surface area contributed by atoms with Crippen LogP contribution in [0.15, 0.2) is 30.9 Å². The fourth-order valence-electron chi connectivity index (χ4n) is 1.27. The highest BCUT2D eigenvalue weighted by molar-refractivity contribution is 5.38. The van der Waals surface area contributed by atoms with Gasteiger partial charge in [-0.15, -0.1) is 6.58 Å². The van der Waals surface area contributed by atoms with E-state index in [1.165, 1.54) is 0 Å². The van der Waals surface area contributed by atoms with Gasteiger partial charge in [-0.3, -0.25) is 0 Å². The molecule has 0 radical (unpaired) electrons. The lowest BCUT2D eigenvalue weighted by Crippen LogP contribution is -2.09. The maximum atomic E-state index is 9.57. The molecule has 1 aromatic rings. The summed E-state index contributed by atoms with van der Waals surface area (Å²) in [6.45, 7) is 5.54. The molecule has 1 aromatic carbocycles. The van der Waals surface area contributed by atoms with Gasteiger partial charge in [0, 0.05) is 11.6 Å². The first-order valence-electron chi connectivity index (χ1n) is 4.31. The first-order chi connectivity index (χ1) is 6.15. The predicted octanol–water partition coefficient (Wildman–Crippen LogP) is 2.28. The van der Waals surface area contributed by atoms with Gasteiger partial charge in [0.2, 0.25) is 0 Å². The smallest absolute Gasteiger partial charge is 0.120 e. The Bertz CT molecular complexity index is 307. The van der Waals surface area contributed by atoms with E-state index in [9.17, 15) is 5.11 Å². The lowest BCUT2D eigenvalue weighted by molar-refractivity contribution is 0.461. The Morgan fingerprint density at radius 2 is 2.31 bits per heavy atom. The SMILES string of the molecule is C=CC[C@H](N)c1ccc(C)cc1O. The predicted molar refractivity (Wildman–Crippen MR) is 54.6 cm³/mol. The number of aromatic hydroxyl groups is 1. The first-order valence-corrected chi connectivity index (χ1v) is 4.31. The molecule has 0 spiro atoms. The van der Waals surface area contributed by atoms with Gasteiger partial charge in [0.15, 0.2) is 0 Å². The molecule has 2 heteroatoms. The van der Waals surface area contributed by atoms with Crippen LogP contribution in [0, 0.1) is 6.92 Å². The van der Waals surface area contributed by atoms with E-state index >= 15 is 0 Å². The zero-order valence-electron chi connectivity index (χ0n) is 7.83. The average molecular weight is 177 g/mol. The molecule has 1 rings (SSSR count). The van der Waals surface area contributed by atoms with Crippen LogP contribution in [0.25, 0.3) is 0 Å². The van der Waals surface area contributed by atoms with Crippen LogP contribution in [-0.2, 0) is 0 Å². The van der Waals surface area contributed by atoms with Gasteiger partial charge >= 0.3 is 0 Å². The lowest BCUT2D eigenvalue weighted by atomic mass is 10.0. The van der Waals surface area contributed by atoms with E-state index in [1.807, 2.05) is 19.1 Å². The Kier molecular flexibility index (Phi) is 3.09. The number of phenolic OH excluding ortho intramolecular Hbond substituents is 1. The molecule has 0 saturated heterocycles. The second-order valence-corrected chi connectivity index (χ2v) is 3.19. The van der Waals surface area contributed by atoms with E-state index < -0.39 is 0 Å². The van der Waals surface area contributed by atoms with Gasteiger partial charge in [0.05, 0.1) is 0 Å². The number of hydrogen-bond acceptors (Lipinski definition) is 2. The molecule has 0 aliphatic rings. The summed E-state index contributed by atoms with van der Waals surface area (Å²) in [5.41, 5.74) is 7.64. The van der Waals surface area contributed by atoms with E-state index in [1.54, 1.807) is 12.1 Å². The van der Waals surface area contributed by atoms with E-state index in [0.29, 0.717) is 6.42 Å². The third-order valence-electron chi connectivity index (χ3n) is 2.01. The summed E-state index contributed by atoms with van der Waals surface area (Å²) in [6.07, 6.45) is 2.43. The number of phenols is 1. The normalized spacial score (nSPS) is 12.5. The van der Waals surface area contributed by atoms with E-state index in [0.717, 1.165) is 11.1 Å². The van der Waals surface area contributed by atoms with Crippen molar-refractivity contribution in [1.29, 1.82) is 0 Å². The van der Waals surface area contributed by atoms with Crippen LogP contribution in [0.2, 0.25) is 0 Å². The van der Waals surface area contributed by atoms with Crippen LogP contribution in [0.5, 0.6) is 5.75 Å². The van der Waals surface area contributed by atoms with Gasteiger partial charge in [-0.1, -0.05) is 18.2 Å². The van der Waals surface area contributed by atoms with Gasteiger partial charge < -0.3 is 10.8 Å². The molecule has 0 aliphatic carbocycles. The molecule has 13 heavy (non-hydrogen) atoms. The van der Waals surface area contributed by atoms with Crippen LogP contribution in [0.4, 0.5) is 0 Å². The molecule has 0 bridgehead atoms. The highest BCUT2D eigenvalue weighted by Crippen LogP contribution is 2.25. The number of hydrogen-bond donors (Lipinski definition) is 2. The molecule has 0 fully saturated rings. The van der Waals surface area contributed by atoms with Crippen molar-refractivity contribution in [2.75, 3.05) is 0 Å². The van der Waals surface area contributed by atoms with Gasteiger partial charge in [0.25, 0.3) is 0 Å². The topological polar surface area (TPSA) is 46.2 Å². The Balaban J connectivity index is 2.94. The molecule has 3 N–H and O–H groups in total. The van der Waals surface area contributed by atoms with Crippen molar-refractivity contribution in [3.8, 4) is 5.75 Å². The van der Waals surface area contributed by atoms with Crippen LogP contribution in [0.1, 0.15) is 23.6 Å². The summed E-state index contributed by atoms with van der Waals surface area (Å²) in [7, 11) is 0. The minimum absolute atomic E-state index is 0.155. The van der Waals surface area contributed by atoms with Crippen molar-refractivity contribution in [2.24, 2.45) is 5.73 Å². The standard InChI is InChI=1S/C11H15NO/c1-3-4-10(12)9-6-5-8(2)7-11(9)13/h3,5-7,10,13H,1,4,12H2,2H3/t10-/m0/s1. The van der Waals surface area contributed by atoms with Crippen LogP contribution < -0.4 is 5.73 Å². The highest BCUT2D eigenvalue weighted by atomic mass is 16.3. The monoisotopic (exact) mass is 177 g/mol. The van der Waals surface area contributed by atoms with Crippen molar-refractivity contribution in [1.82, 2.24) is 0 Å². The molecule has 0 aromatic heterocycles. The van der Waals surface area contributed by atoms with Gasteiger partial charge in [-0.25, -0.2) is 0 Å². The molecular formula is C11H15NO. The molecule has 0 unspecified atom stereocenters. The first kappa shape index (κ1) is 9.81. The minimum atomic E-state index is -0.155. The molecule has 0 aliphatic heterocycles. The van der Waals surface area contributed by atoms with Gasteiger partial charge in [-0.2, -0.15) is 0 Å². The third-order valence-corrected chi connectivity index (χ3v) is 2.01. The number of benzene rings is 1. The quantitative estimate of drug-likeness (QED) is 0.696. The average Bonchev–Trinajstić information content (AvgIpc) is 2.04. The molecule has 2 nitrogen and oxygen atoms in total. The van der Waals surface area contributed by atoms with Crippen molar-refractivity contribution in [2.45, 2.75) is 19.4 Å². The molecule has 70 valence electrons. The number of nitrogens with two attached hydrogens (primary N) is 1. The zero-order valence-corrected chi connectivity index (χ0v) is 7.83. The fraction of sp³-hybridized carbons (Fsp3) is 0.273. The Hall–Kier alpha value is -1.28. The van der Waals surface area contributed by atoms with Crippen LogP contribution >= 0.6 is 0 Å². The second-order valence-electron chi connectivity index (χ2n) is 3.19. The summed E-state index contributed by atoms with van der Waals surface area (Å²) >= 11 is 0. The summed E-state index contributed by atoms with van der Waals surface area (Å²) in [5.74, 6) is 0.273. The Morgan fingerprint density at radius 3 is 2.85 bits per heavy atom. The zero-order chi connectivity index (χ0) is 9.84. The number of aryl methyl sites for hydroxylation is 1. The molecule has 1 atom stereocenters. The van der Waals surface area contributed by atoms with Crippen molar-refractivity contribution in [3.05, 3.63) is 42.0 Å². The highest BCUT2D eigenvalue weighted by Gasteiger charge is 2.08. The Labute approximate surface area is 78.7 Å². The van der Waals surface area contributed by atoms with E-state index in [4.69, 9.17) is 5.73 Å². The fourth-order valence-corrected chi connectivity index (χ4v) is 1.27. The molecule has 0 heterocycles. The number of rotatable bonds is 3. The molecule has 0 saturated carbocycles. The van der Waals surface area contributed by atoms with Crippen molar-refractivity contribution in [3.63, 3.8) is 0 Å². The van der Waals surface area contributed by atoms with Crippen LogP contribution in [-0.4, -0.2) is 5.11 Å². The summed E-state index contributed by atoms with van der Waals surface area (Å²) in [4.78, 5) is 0.